The van der Waals surface area contributed by atoms with E-state index in [0.29, 0.717) is 0 Å². The van der Waals surface area contributed by atoms with Gasteiger partial charge < -0.3 is 0 Å². The first-order valence-corrected chi connectivity index (χ1v) is 24.0. The van der Waals surface area contributed by atoms with Crippen LogP contribution in [0.15, 0.2) is 36.4 Å². The molecule has 150 valence electrons. The summed E-state index contributed by atoms with van der Waals surface area (Å²) in [5.74, 6) is 0. The second-order valence-corrected chi connectivity index (χ2v) is 32.1. The molecule has 5 heteroatoms. The second-order valence-electron chi connectivity index (χ2n) is 11.8. The van der Waals surface area contributed by atoms with E-state index >= 15 is 0 Å². The minimum Gasteiger partial charge on any atom is -0.212 e. The molecule has 2 aromatic rings. The molecule has 0 bridgehead atoms. The Morgan fingerprint density at radius 1 is 0.519 bits per heavy atom. The van der Waals surface area contributed by atoms with Gasteiger partial charge in [-0.2, -0.15) is 34.6 Å². The van der Waals surface area contributed by atoms with Crippen molar-refractivity contribution in [2.75, 3.05) is 0 Å². The molecule has 2 aromatic carbocycles. The SMILES string of the molecule is C[Si](C)(C)c1cc[c-]([Si](C)(C)C)c1.C[Si](C)(C)c1cc[c-]([Si](C)(C)C)c1.[Zr+2]. The van der Waals surface area contributed by atoms with Crippen LogP contribution in [0.2, 0.25) is 78.6 Å². The fraction of sp³-hybridized carbons (Fsp3) is 0.545. The summed E-state index contributed by atoms with van der Waals surface area (Å²) in [5, 5.41) is 6.46. The number of rotatable bonds is 4. The maximum atomic E-state index is 2.46. The van der Waals surface area contributed by atoms with Gasteiger partial charge in [0.05, 0.1) is 0 Å². The fourth-order valence-electron chi connectivity index (χ4n) is 2.75. The fourth-order valence-corrected chi connectivity index (χ4v) is 7.73. The first kappa shape index (κ1) is 27.5. The molecule has 0 aliphatic carbocycles. The summed E-state index contributed by atoms with van der Waals surface area (Å²) in [7, 11) is -4.28. The van der Waals surface area contributed by atoms with Crippen molar-refractivity contribution in [3.8, 4) is 0 Å². The van der Waals surface area contributed by atoms with E-state index in [1.54, 1.807) is 20.7 Å². The molecule has 0 nitrogen and oxygen atoms in total. The van der Waals surface area contributed by atoms with Crippen LogP contribution in [0, 0.1) is 0 Å². The Morgan fingerprint density at radius 3 is 0.889 bits per heavy atom. The van der Waals surface area contributed by atoms with Gasteiger partial charge in [-0.3, -0.25) is 0 Å². The van der Waals surface area contributed by atoms with Gasteiger partial charge >= 0.3 is 26.2 Å². The van der Waals surface area contributed by atoms with E-state index in [4.69, 9.17) is 0 Å². The molecular formula is C22H42Si4Zr. The average Bonchev–Trinajstić information content (AvgIpc) is 3.06. The molecule has 0 aromatic heterocycles. The quantitative estimate of drug-likeness (QED) is 0.402. The average molecular weight is 510 g/mol. The van der Waals surface area contributed by atoms with Crippen molar-refractivity contribution in [1.29, 1.82) is 0 Å². The Kier molecular flexibility index (Phi) is 9.67. The number of hydrogen-bond donors (Lipinski definition) is 0. The summed E-state index contributed by atoms with van der Waals surface area (Å²) in [6.07, 6.45) is 0. The second kappa shape index (κ2) is 9.51. The molecule has 0 saturated heterocycles. The van der Waals surface area contributed by atoms with Crippen LogP contribution in [0.4, 0.5) is 0 Å². The van der Waals surface area contributed by atoms with E-state index in [1.807, 2.05) is 0 Å². The van der Waals surface area contributed by atoms with Gasteiger partial charge in [0.1, 0.15) is 0 Å². The summed E-state index contributed by atoms with van der Waals surface area (Å²) in [6.45, 7) is 29.0. The molecule has 0 amide bonds. The molecule has 0 unspecified atom stereocenters. The molecule has 0 atom stereocenters. The zero-order valence-corrected chi connectivity index (χ0v) is 26.4. The maximum Gasteiger partial charge on any atom is 2.00 e. The monoisotopic (exact) mass is 508 g/mol. The van der Waals surface area contributed by atoms with Gasteiger partial charge in [-0.05, 0) is 0 Å². The van der Waals surface area contributed by atoms with Crippen LogP contribution in [0.5, 0.6) is 0 Å². The molecule has 0 heterocycles. The molecule has 27 heavy (non-hydrogen) atoms. The Morgan fingerprint density at radius 2 is 0.778 bits per heavy atom. The molecule has 0 spiro atoms. The largest absolute Gasteiger partial charge is 2.00 e. The Labute approximate surface area is 193 Å². The van der Waals surface area contributed by atoms with Gasteiger partial charge in [0.2, 0.25) is 0 Å². The van der Waals surface area contributed by atoms with Crippen molar-refractivity contribution in [3.05, 3.63) is 36.4 Å². The smallest absolute Gasteiger partial charge is 0.212 e. The minimum atomic E-state index is -1.07. The predicted octanol–water partition coefficient (Wildman–Crippen LogP) is 4.99. The summed E-state index contributed by atoms with van der Waals surface area (Å²) >= 11 is 0. The van der Waals surface area contributed by atoms with Crippen molar-refractivity contribution in [2.24, 2.45) is 0 Å². The van der Waals surface area contributed by atoms with E-state index in [9.17, 15) is 0 Å². The van der Waals surface area contributed by atoms with Crippen LogP contribution in [-0.4, -0.2) is 32.3 Å². The zero-order valence-electron chi connectivity index (χ0n) is 20.0. The third kappa shape index (κ3) is 8.78. The summed E-state index contributed by atoms with van der Waals surface area (Å²) in [5.41, 5.74) is 0. The molecule has 0 N–H and O–H groups in total. The van der Waals surface area contributed by atoms with Crippen LogP contribution in [0.1, 0.15) is 0 Å². The van der Waals surface area contributed by atoms with Crippen molar-refractivity contribution in [1.82, 2.24) is 0 Å². The van der Waals surface area contributed by atoms with Crippen LogP contribution < -0.4 is 20.7 Å². The molecular weight excluding hydrogens is 468 g/mol. The van der Waals surface area contributed by atoms with E-state index in [0.717, 1.165) is 0 Å². The molecule has 0 fully saturated rings. The van der Waals surface area contributed by atoms with Gasteiger partial charge in [0, 0.05) is 32.3 Å². The Hall–Kier alpha value is 0.451. The van der Waals surface area contributed by atoms with E-state index in [1.165, 1.54) is 0 Å². The van der Waals surface area contributed by atoms with Crippen LogP contribution in [0.3, 0.4) is 0 Å². The van der Waals surface area contributed by atoms with Crippen molar-refractivity contribution in [2.45, 2.75) is 78.6 Å². The molecule has 2 rings (SSSR count). The molecule has 0 aliphatic rings. The normalized spacial score (nSPS) is 12.9. The number of hydrogen-bond acceptors (Lipinski definition) is 0. The molecule has 0 aliphatic heterocycles. The molecule has 0 saturated carbocycles. The van der Waals surface area contributed by atoms with Crippen LogP contribution >= 0.6 is 0 Å². The van der Waals surface area contributed by atoms with Crippen molar-refractivity contribution >= 4 is 53.0 Å². The Bertz CT molecular complexity index is 579. The predicted molar refractivity (Wildman–Crippen MR) is 136 cm³/mol. The van der Waals surface area contributed by atoms with E-state index in [-0.39, 0.29) is 26.2 Å². The van der Waals surface area contributed by atoms with Gasteiger partial charge in [-0.1, -0.05) is 78.6 Å². The summed E-state index contributed by atoms with van der Waals surface area (Å²) in [6, 6.07) is 14.3. The van der Waals surface area contributed by atoms with Crippen molar-refractivity contribution in [3.63, 3.8) is 0 Å². The van der Waals surface area contributed by atoms with Gasteiger partial charge in [0.25, 0.3) is 0 Å². The zero-order chi connectivity index (χ0) is 20.6. The minimum absolute atomic E-state index is 0. The van der Waals surface area contributed by atoms with Gasteiger partial charge in [0.15, 0.2) is 0 Å². The van der Waals surface area contributed by atoms with Gasteiger partial charge in [-0.15, -0.1) is 0 Å². The Balaban J connectivity index is 0.000000483. The van der Waals surface area contributed by atoms with Crippen LogP contribution in [0.25, 0.3) is 0 Å². The topological polar surface area (TPSA) is 0 Å². The summed E-state index contributed by atoms with van der Waals surface area (Å²) in [4.78, 5) is 0. The third-order valence-corrected chi connectivity index (χ3v) is 13.1. The summed E-state index contributed by atoms with van der Waals surface area (Å²) < 4.78 is 0. The van der Waals surface area contributed by atoms with Crippen LogP contribution in [-0.2, 0) is 26.2 Å². The van der Waals surface area contributed by atoms with E-state index in [2.05, 4.69) is 115 Å². The first-order valence-electron chi connectivity index (χ1n) is 9.98. The van der Waals surface area contributed by atoms with Gasteiger partial charge in [-0.25, -0.2) is 22.5 Å². The van der Waals surface area contributed by atoms with E-state index < -0.39 is 32.3 Å². The standard InChI is InChI=1S/2C11H21Si2.Zr/c2*1-12(2,3)10-7-8-11(9-10)13(4,5)6;/h2*7-9H,1-6H3;/q2*-1;+2. The van der Waals surface area contributed by atoms with Crippen molar-refractivity contribution < 1.29 is 26.2 Å². The first-order chi connectivity index (χ1) is 11.4. The molecule has 0 radical (unpaired) electrons. The third-order valence-electron chi connectivity index (χ3n) is 4.97. The maximum absolute atomic E-state index is 2.46.